The highest BCUT2D eigenvalue weighted by molar-refractivity contribution is 7.87. The molecule has 0 aromatic rings. The summed E-state index contributed by atoms with van der Waals surface area (Å²) in [5.74, 6) is 0. The van der Waals surface area contributed by atoms with E-state index in [0.29, 0.717) is 26.3 Å². The Balaban J connectivity index is 1.90. The number of morpholine rings is 1. The monoisotopic (exact) mass is 249 g/mol. The molecule has 2 aliphatic rings. The Labute approximate surface area is 96.5 Å². The summed E-state index contributed by atoms with van der Waals surface area (Å²) in [7, 11) is -3.32. The van der Waals surface area contributed by atoms with Crippen molar-refractivity contribution in [3.63, 3.8) is 0 Å². The Hall–Kier alpha value is -0.210. The largest absolute Gasteiger partial charge is 0.379 e. The molecule has 2 saturated heterocycles. The van der Waals surface area contributed by atoms with Crippen molar-refractivity contribution < 1.29 is 13.2 Å². The predicted molar refractivity (Wildman–Crippen MR) is 60.3 cm³/mol. The second kappa shape index (κ2) is 5.42. The summed E-state index contributed by atoms with van der Waals surface area (Å²) in [6.45, 7) is 3.60. The van der Waals surface area contributed by atoms with Crippen LogP contribution in [-0.2, 0) is 14.9 Å². The number of nitrogens with one attached hydrogen (secondary N) is 2. The topological polar surface area (TPSA) is 70.7 Å². The average Bonchev–Trinajstić information content (AvgIpc) is 2.31. The van der Waals surface area contributed by atoms with Crippen molar-refractivity contribution >= 4 is 10.2 Å². The molecule has 0 aromatic carbocycles. The molecule has 1 unspecified atom stereocenters. The van der Waals surface area contributed by atoms with E-state index >= 15 is 0 Å². The molecule has 0 spiro atoms. The van der Waals surface area contributed by atoms with Crippen molar-refractivity contribution in [3.05, 3.63) is 0 Å². The van der Waals surface area contributed by atoms with Crippen molar-refractivity contribution in [1.82, 2.24) is 14.3 Å². The molecule has 0 saturated carbocycles. The van der Waals surface area contributed by atoms with Gasteiger partial charge < -0.3 is 10.1 Å². The normalized spacial score (nSPS) is 29.1. The molecule has 2 aliphatic heterocycles. The Morgan fingerprint density at radius 2 is 2.06 bits per heavy atom. The van der Waals surface area contributed by atoms with Gasteiger partial charge in [0.25, 0.3) is 10.2 Å². The minimum atomic E-state index is -3.32. The molecular formula is C9H19N3O3S. The number of ether oxygens (including phenoxy) is 1. The van der Waals surface area contributed by atoms with Crippen molar-refractivity contribution in [2.45, 2.75) is 18.9 Å². The maximum Gasteiger partial charge on any atom is 0.279 e. The van der Waals surface area contributed by atoms with Gasteiger partial charge in [0.15, 0.2) is 0 Å². The number of piperidine rings is 1. The summed E-state index contributed by atoms with van der Waals surface area (Å²) in [5, 5.41) is 3.19. The summed E-state index contributed by atoms with van der Waals surface area (Å²) in [4.78, 5) is 0. The van der Waals surface area contributed by atoms with E-state index in [1.807, 2.05) is 0 Å². The zero-order chi connectivity index (χ0) is 11.4. The molecular weight excluding hydrogens is 230 g/mol. The number of hydrogen-bond acceptors (Lipinski definition) is 4. The Morgan fingerprint density at radius 1 is 1.31 bits per heavy atom. The van der Waals surface area contributed by atoms with Gasteiger partial charge in [0, 0.05) is 25.7 Å². The molecule has 94 valence electrons. The summed E-state index contributed by atoms with van der Waals surface area (Å²) < 4.78 is 33.3. The van der Waals surface area contributed by atoms with Crippen molar-refractivity contribution in [2.24, 2.45) is 0 Å². The lowest BCUT2D eigenvalue weighted by Gasteiger charge is -2.30. The van der Waals surface area contributed by atoms with Crippen LogP contribution in [0.3, 0.4) is 0 Å². The minimum Gasteiger partial charge on any atom is -0.379 e. The molecule has 0 aliphatic carbocycles. The van der Waals surface area contributed by atoms with Crippen molar-refractivity contribution in [3.8, 4) is 0 Å². The van der Waals surface area contributed by atoms with E-state index in [2.05, 4.69) is 10.0 Å². The first-order valence-electron chi connectivity index (χ1n) is 5.74. The maximum atomic E-state index is 12.0. The molecule has 6 nitrogen and oxygen atoms in total. The quantitative estimate of drug-likeness (QED) is 0.666. The number of hydrogen-bond donors (Lipinski definition) is 2. The molecule has 0 aromatic heterocycles. The van der Waals surface area contributed by atoms with Crippen LogP contribution in [0.25, 0.3) is 0 Å². The van der Waals surface area contributed by atoms with Crippen LogP contribution in [0.15, 0.2) is 0 Å². The molecule has 7 heteroatoms. The molecule has 2 fully saturated rings. The van der Waals surface area contributed by atoms with Crippen LogP contribution in [0.2, 0.25) is 0 Å². The third-order valence-electron chi connectivity index (χ3n) is 2.92. The lowest BCUT2D eigenvalue weighted by molar-refractivity contribution is 0.0722. The lowest BCUT2D eigenvalue weighted by Crippen LogP contribution is -2.53. The maximum absolute atomic E-state index is 12.0. The first-order valence-corrected chi connectivity index (χ1v) is 7.18. The number of rotatable bonds is 3. The van der Waals surface area contributed by atoms with Gasteiger partial charge in [-0.05, 0) is 19.4 Å². The van der Waals surface area contributed by atoms with Crippen molar-refractivity contribution in [1.29, 1.82) is 0 Å². The smallest absolute Gasteiger partial charge is 0.279 e. The van der Waals surface area contributed by atoms with E-state index in [0.717, 1.165) is 25.9 Å². The number of nitrogens with zero attached hydrogens (tertiary/aromatic N) is 1. The van der Waals surface area contributed by atoms with E-state index in [1.54, 1.807) is 0 Å². The van der Waals surface area contributed by atoms with Crippen LogP contribution < -0.4 is 10.0 Å². The fourth-order valence-electron chi connectivity index (χ4n) is 2.02. The molecule has 0 radical (unpaired) electrons. The fraction of sp³-hybridized carbons (Fsp3) is 1.00. The van der Waals surface area contributed by atoms with Crippen LogP contribution in [0.5, 0.6) is 0 Å². The van der Waals surface area contributed by atoms with Gasteiger partial charge >= 0.3 is 0 Å². The summed E-state index contributed by atoms with van der Waals surface area (Å²) >= 11 is 0. The van der Waals surface area contributed by atoms with Gasteiger partial charge in [0.05, 0.1) is 13.2 Å². The molecule has 2 N–H and O–H groups in total. The second-order valence-electron chi connectivity index (χ2n) is 4.18. The summed E-state index contributed by atoms with van der Waals surface area (Å²) in [5.41, 5.74) is 0. The van der Waals surface area contributed by atoms with Gasteiger partial charge in [-0.2, -0.15) is 17.4 Å². The van der Waals surface area contributed by atoms with E-state index in [-0.39, 0.29) is 6.04 Å². The molecule has 1 atom stereocenters. The zero-order valence-corrected chi connectivity index (χ0v) is 10.1. The predicted octanol–water partition coefficient (Wildman–Crippen LogP) is -1.09. The van der Waals surface area contributed by atoms with Crippen LogP contribution in [0, 0.1) is 0 Å². The van der Waals surface area contributed by atoms with Gasteiger partial charge in [-0.3, -0.25) is 0 Å². The van der Waals surface area contributed by atoms with Gasteiger partial charge in [-0.1, -0.05) is 0 Å². The molecule has 0 amide bonds. The van der Waals surface area contributed by atoms with Crippen molar-refractivity contribution in [2.75, 3.05) is 39.4 Å². The van der Waals surface area contributed by atoms with E-state index in [9.17, 15) is 8.42 Å². The highest BCUT2D eigenvalue weighted by Gasteiger charge is 2.27. The zero-order valence-electron chi connectivity index (χ0n) is 9.31. The van der Waals surface area contributed by atoms with Gasteiger partial charge in [-0.15, -0.1) is 0 Å². The first kappa shape index (κ1) is 12.3. The minimum absolute atomic E-state index is 0.0293. The van der Waals surface area contributed by atoms with Crippen LogP contribution in [-0.4, -0.2) is 58.2 Å². The molecule has 2 heterocycles. The highest BCUT2D eigenvalue weighted by Crippen LogP contribution is 2.07. The summed E-state index contributed by atoms with van der Waals surface area (Å²) in [6.07, 6.45) is 1.94. The van der Waals surface area contributed by atoms with E-state index in [1.165, 1.54) is 4.31 Å². The Morgan fingerprint density at radius 3 is 2.69 bits per heavy atom. The Kier molecular flexibility index (Phi) is 4.15. The molecule has 2 rings (SSSR count). The van der Waals surface area contributed by atoms with Gasteiger partial charge in [0.1, 0.15) is 0 Å². The van der Waals surface area contributed by atoms with Crippen LogP contribution in [0.1, 0.15) is 12.8 Å². The first-order chi connectivity index (χ1) is 7.68. The van der Waals surface area contributed by atoms with Gasteiger partial charge in [0.2, 0.25) is 0 Å². The highest BCUT2D eigenvalue weighted by atomic mass is 32.2. The standard InChI is InChI=1S/C9H19N3O3S/c13-16(14,12-4-6-15-7-5-12)11-9-2-1-3-10-8-9/h9-11H,1-8H2. The third kappa shape index (κ3) is 3.14. The van der Waals surface area contributed by atoms with E-state index < -0.39 is 10.2 Å². The third-order valence-corrected chi connectivity index (χ3v) is 4.60. The molecule has 16 heavy (non-hydrogen) atoms. The SMILES string of the molecule is O=S(=O)(NC1CCCNC1)N1CCOCC1. The van der Waals surface area contributed by atoms with Crippen LogP contribution in [0.4, 0.5) is 0 Å². The van der Waals surface area contributed by atoms with Gasteiger partial charge in [-0.25, -0.2) is 0 Å². The van der Waals surface area contributed by atoms with Crippen LogP contribution >= 0.6 is 0 Å². The fourth-order valence-corrected chi connectivity index (χ4v) is 3.43. The lowest BCUT2D eigenvalue weighted by atomic mass is 10.1. The second-order valence-corrected chi connectivity index (χ2v) is 5.88. The van der Waals surface area contributed by atoms with E-state index in [4.69, 9.17) is 4.74 Å². The molecule has 0 bridgehead atoms. The average molecular weight is 249 g/mol. The Bertz CT molecular complexity index is 308. The summed E-state index contributed by atoms with van der Waals surface area (Å²) in [6, 6.07) is 0.0293.